The minimum atomic E-state index is -0.776. The van der Waals surface area contributed by atoms with E-state index in [2.05, 4.69) is 27.7 Å². The molecule has 0 bridgehead atoms. The molecule has 2 aromatic carbocycles. The summed E-state index contributed by atoms with van der Waals surface area (Å²) >= 11 is 0. The molecule has 0 spiro atoms. The summed E-state index contributed by atoms with van der Waals surface area (Å²) in [6.07, 6.45) is 5.42. The zero-order valence-electron chi connectivity index (χ0n) is 24.8. The molecule has 0 amide bonds. The largest absolute Gasteiger partial charge is 0.481 e. The molecule has 6 heteroatoms. The molecule has 1 aliphatic rings. The van der Waals surface area contributed by atoms with Gasteiger partial charge in [-0.25, -0.2) is 0 Å². The highest BCUT2D eigenvalue weighted by Gasteiger charge is 2.33. The van der Waals surface area contributed by atoms with E-state index in [4.69, 9.17) is 10.2 Å². The average Bonchev–Trinajstić information content (AvgIpc) is 2.85. The third-order valence-corrected chi connectivity index (χ3v) is 8.62. The second-order valence-electron chi connectivity index (χ2n) is 13.1. The molecule has 6 nitrogen and oxygen atoms in total. The van der Waals surface area contributed by atoms with Crippen LogP contribution >= 0.6 is 0 Å². The molecule has 0 fully saturated rings. The number of rotatable bonds is 14. The number of ketones is 2. The van der Waals surface area contributed by atoms with E-state index in [0.29, 0.717) is 22.3 Å². The SMILES string of the molecule is CC(CCCC(C)(C)c1ccc2c(c1)C(=O)c1cc(C(C)(C)CCCC(C)CC(=O)O)ccc1C2=O)CC(=O)O. The van der Waals surface area contributed by atoms with Crippen LogP contribution in [0.15, 0.2) is 36.4 Å². The number of hydrogen-bond acceptors (Lipinski definition) is 4. The summed E-state index contributed by atoms with van der Waals surface area (Å²) in [5.74, 6) is -1.60. The summed E-state index contributed by atoms with van der Waals surface area (Å²) in [6, 6.07) is 11.2. The van der Waals surface area contributed by atoms with Crippen molar-refractivity contribution >= 4 is 23.5 Å². The summed E-state index contributed by atoms with van der Waals surface area (Å²) in [6.45, 7) is 12.4. The number of carbonyl (C=O) groups excluding carboxylic acids is 2. The lowest BCUT2D eigenvalue weighted by atomic mass is 9.74. The Morgan fingerprint density at radius 3 is 1.35 bits per heavy atom. The van der Waals surface area contributed by atoms with Crippen LogP contribution in [0.3, 0.4) is 0 Å². The van der Waals surface area contributed by atoms with E-state index in [0.717, 1.165) is 49.7 Å². The van der Waals surface area contributed by atoms with E-state index in [9.17, 15) is 19.2 Å². The van der Waals surface area contributed by atoms with Gasteiger partial charge in [-0.1, -0.05) is 79.4 Å². The standard InChI is InChI=1S/C34H44O6/c1-21(17-29(35)36)9-7-15-33(3,4)23-11-13-25-27(19-23)32(40)28-20-24(12-14-26(28)31(25)39)34(5,6)16-8-10-22(2)18-30(37)38/h11-14,19-22H,7-10,15-18H2,1-6H3,(H,35,36)(H,37,38). The van der Waals surface area contributed by atoms with Crippen molar-refractivity contribution in [2.24, 2.45) is 11.8 Å². The molecular weight excluding hydrogens is 504 g/mol. The molecule has 0 saturated heterocycles. The third-order valence-electron chi connectivity index (χ3n) is 8.62. The molecule has 2 unspecified atom stereocenters. The highest BCUT2D eigenvalue weighted by molar-refractivity contribution is 6.28. The molecule has 216 valence electrons. The lowest BCUT2D eigenvalue weighted by Gasteiger charge is -2.29. The Morgan fingerprint density at radius 2 is 1.00 bits per heavy atom. The highest BCUT2D eigenvalue weighted by Crippen LogP contribution is 2.37. The van der Waals surface area contributed by atoms with E-state index in [1.165, 1.54) is 0 Å². The van der Waals surface area contributed by atoms with Gasteiger partial charge in [0.05, 0.1) is 0 Å². The third kappa shape index (κ3) is 7.47. The monoisotopic (exact) mass is 548 g/mol. The smallest absolute Gasteiger partial charge is 0.303 e. The van der Waals surface area contributed by atoms with E-state index >= 15 is 0 Å². The number of fused-ring (bicyclic) bond motifs is 2. The fourth-order valence-electron chi connectivity index (χ4n) is 5.87. The molecule has 0 aliphatic heterocycles. The minimum Gasteiger partial charge on any atom is -0.481 e. The fraction of sp³-hybridized carbons (Fsp3) is 0.529. The van der Waals surface area contributed by atoms with Gasteiger partial charge < -0.3 is 10.2 Å². The Hall–Kier alpha value is -3.28. The van der Waals surface area contributed by atoms with Crippen molar-refractivity contribution in [2.75, 3.05) is 0 Å². The fourth-order valence-corrected chi connectivity index (χ4v) is 5.87. The maximum absolute atomic E-state index is 13.8. The molecule has 40 heavy (non-hydrogen) atoms. The molecule has 2 atom stereocenters. The van der Waals surface area contributed by atoms with Gasteiger partial charge in [-0.05, 0) is 70.9 Å². The zero-order chi connectivity index (χ0) is 29.8. The van der Waals surface area contributed by atoms with Gasteiger partial charge in [-0.3, -0.25) is 19.2 Å². The van der Waals surface area contributed by atoms with Crippen LogP contribution in [0.1, 0.15) is 136 Å². The minimum absolute atomic E-state index is 0.110. The molecule has 0 aromatic heterocycles. The van der Waals surface area contributed by atoms with Crippen LogP contribution in [-0.2, 0) is 20.4 Å². The first-order valence-corrected chi connectivity index (χ1v) is 14.4. The van der Waals surface area contributed by atoms with Gasteiger partial charge in [0, 0.05) is 35.1 Å². The maximum Gasteiger partial charge on any atom is 0.303 e. The van der Waals surface area contributed by atoms with Crippen LogP contribution in [0, 0.1) is 11.8 Å². The number of benzene rings is 2. The molecule has 0 heterocycles. The molecule has 0 saturated carbocycles. The van der Waals surface area contributed by atoms with E-state index in [1.807, 2.05) is 38.1 Å². The maximum atomic E-state index is 13.8. The topological polar surface area (TPSA) is 109 Å². The van der Waals surface area contributed by atoms with Crippen molar-refractivity contribution in [3.63, 3.8) is 0 Å². The quantitative estimate of drug-likeness (QED) is 0.215. The van der Waals surface area contributed by atoms with E-state index in [-0.39, 0.29) is 47.1 Å². The lowest BCUT2D eigenvalue weighted by Crippen LogP contribution is -2.25. The summed E-state index contributed by atoms with van der Waals surface area (Å²) in [5, 5.41) is 18.0. The Kier molecular flexibility index (Phi) is 9.76. The van der Waals surface area contributed by atoms with Crippen LogP contribution in [0.25, 0.3) is 0 Å². The first kappa shape index (κ1) is 31.3. The van der Waals surface area contributed by atoms with Gasteiger partial charge in [0.25, 0.3) is 0 Å². The number of carbonyl (C=O) groups is 4. The van der Waals surface area contributed by atoms with Crippen LogP contribution in [0.5, 0.6) is 0 Å². The molecule has 2 aromatic rings. The molecule has 2 N–H and O–H groups in total. The van der Waals surface area contributed by atoms with Crippen molar-refractivity contribution in [1.82, 2.24) is 0 Å². The summed E-state index contributed by atoms with van der Waals surface area (Å²) in [4.78, 5) is 49.1. The molecule has 0 radical (unpaired) electrons. The Labute approximate surface area is 238 Å². The van der Waals surface area contributed by atoms with Crippen molar-refractivity contribution in [1.29, 1.82) is 0 Å². The van der Waals surface area contributed by atoms with Crippen molar-refractivity contribution in [3.8, 4) is 0 Å². The van der Waals surface area contributed by atoms with Gasteiger partial charge in [-0.15, -0.1) is 0 Å². The Bertz CT molecular complexity index is 1190. The predicted octanol–water partition coefficient (Wildman–Crippen LogP) is 7.58. The predicted molar refractivity (Wildman–Crippen MR) is 156 cm³/mol. The number of aliphatic carboxylic acids is 2. The number of hydrogen-bond donors (Lipinski definition) is 2. The van der Waals surface area contributed by atoms with Crippen molar-refractivity contribution in [3.05, 3.63) is 69.8 Å². The number of carboxylic acid groups (broad SMARTS) is 2. The second-order valence-corrected chi connectivity index (χ2v) is 13.1. The molecule has 3 rings (SSSR count). The van der Waals surface area contributed by atoms with Gasteiger partial charge in [0.2, 0.25) is 0 Å². The highest BCUT2D eigenvalue weighted by atomic mass is 16.4. The average molecular weight is 549 g/mol. The van der Waals surface area contributed by atoms with E-state index < -0.39 is 11.9 Å². The Morgan fingerprint density at radius 1 is 0.650 bits per heavy atom. The van der Waals surface area contributed by atoms with Gasteiger partial charge in [0.15, 0.2) is 11.6 Å². The summed E-state index contributed by atoms with van der Waals surface area (Å²) in [7, 11) is 0. The zero-order valence-corrected chi connectivity index (χ0v) is 24.8. The summed E-state index contributed by atoms with van der Waals surface area (Å²) in [5.41, 5.74) is 3.28. The van der Waals surface area contributed by atoms with Crippen molar-refractivity contribution < 1.29 is 29.4 Å². The number of carboxylic acids is 2. The van der Waals surface area contributed by atoms with Gasteiger partial charge in [-0.2, -0.15) is 0 Å². The Balaban J connectivity index is 1.79. The lowest BCUT2D eigenvalue weighted by molar-refractivity contribution is -0.139. The van der Waals surface area contributed by atoms with Crippen LogP contribution < -0.4 is 0 Å². The van der Waals surface area contributed by atoms with Gasteiger partial charge in [0.1, 0.15) is 0 Å². The molecular formula is C34H44O6. The van der Waals surface area contributed by atoms with Crippen LogP contribution in [0.2, 0.25) is 0 Å². The van der Waals surface area contributed by atoms with Crippen molar-refractivity contribution in [2.45, 2.75) is 104 Å². The first-order chi connectivity index (χ1) is 18.6. The second kappa shape index (κ2) is 12.5. The summed E-state index contributed by atoms with van der Waals surface area (Å²) < 4.78 is 0. The van der Waals surface area contributed by atoms with E-state index in [1.54, 1.807) is 12.1 Å². The van der Waals surface area contributed by atoms with Crippen LogP contribution in [0.4, 0.5) is 0 Å². The molecule has 1 aliphatic carbocycles. The van der Waals surface area contributed by atoms with Gasteiger partial charge >= 0.3 is 11.9 Å². The normalized spacial score (nSPS) is 14.8. The van der Waals surface area contributed by atoms with Crippen LogP contribution in [-0.4, -0.2) is 33.7 Å². The first-order valence-electron chi connectivity index (χ1n) is 14.4.